The third-order valence-electron chi connectivity index (χ3n) is 6.02. The van der Waals surface area contributed by atoms with E-state index in [0.717, 1.165) is 19.5 Å². The molecule has 2 aliphatic heterocycles. The van der Waals surface area contributed by atoms with Crippen LogP contribution in [-0.2, 0) is 28.4 Å². The first-order valence-electron chi connectivity index (χ1n) is 10.5. The topological polar surface area (TPSA) is 61.8 Å². The molecule has 0 spiro atoms. The molecule has 3 atom stereocenters. The first-order valence-corrected chi connectivity index (χ1v) is 10.5. The molecule has 0 saturated carbocycles. The number of nitrogens with one attached hydrogen (secondary N) is 1. The summed E-state index contributed by atoms with van der Waals surface area (Å²) in [5, 5.41) is 12.2. The second-order valence-electron chi connectivity index (χ2n) is 8.54. The number of nitrogens with zero attached hydrogens (tertiary/aromatic N) is 1. The van der Waals surface area contributed by atoms with Crippen molar-refractivity contribution in [2.75, 3.05) is 19.7 Å². The predicted octanol–water partition coefficient (Wildman–Crippen LogP) is 4.33. The van der Waals surface area contributed by atoms with Crippen LogP contribution in [0.1, 0.15) is 49.3 Å². The Bertz CT molecular complexity index is 819. The Kier molecular flexibility index (Phi) is 7.28. The Hall–Kier alpha value is -2.01. The second-order valence-corrected chi connectivity index (χ2v) is 8.54. The Labute approximate surface area is 181 Å². The fourth-order valence-electron chi connectivity index (χ4n) is 4.30. The highest BCUT2D eigenvalue weighted by Gasteiger charge is 2.40. The van der Waals surface area contributed by atoms with E-state index < -0.39 is 53.3 Å². The lowest BCUT2D eigenvalue weighted by atomic mass is 9.96. The average molecular weight is 468 g/mol. The number of ether oxygens (including phenoxy) is 1. The van der Waals surface area contributed by atoms with Gasteiger partial charge in [0.1, 0.15) is 11.9 Å². The third kappa shape index (κ3) is 5.86. The number of rotatable bonds is 4. The van der Waals surface area contributed by atoms with Crippen LogP contribution in [0.25, 0.3) is 0 Å². The van der Waals surface area contributed by atoms with Gasteiger partial charge in [-0.25, -0.2) is 0 Å². The molecule has 0 aromatic heterocycles. The van der Waals surface area contributed by atoms with Gasteiger partial charge >= 0.3 is 12.4 Å². The van der Waals surface area contributed by atoms with E-state index in [0.29, 0.717) is 31.4 Å². The minimum atomic E-state index is -5.18. The van der Waals surface area contributed by atoms with Gasteiger partial charge < -0.3 is 15.2 Å². The van der Waals surface area contributed by atoms with Gasteiger partial charge in [-0.05, 0) is 50.3 Å². The smallest absolute Gasteiger partial charge is 0.419 e. The third-order valence-corrected chi connectivity index (χ3v) is 6.02. The van der Waals surface area contributed by atoms with Crippen LogP contribution in [0.4, 0.5) is 26.3 Å². The molecule has 0 bridgehead atoms. The largest absolute Gasteiger partial charge is 0.507 e. The number of phenols is 1. The first-order chi connectivity index (χ1) is 14.9. The van der Waals surface area contributed by atoms with E-state index in [1.54, 1.807) is 0 Å². The van der Waals surface area contributed by atoms with Crippen molar-refractivity contribution in [1.82, 2.24) is 10.2 Å². The molecule has 2 heterocycles. The van der Waals surface area contributed by atoms with E-state index in [1.165, 1.54) is 6.42 Å². The lowest BCUT2D eigenvalue weighted by molar-refractivity contribution is -0.143. The Balaban J connectivity index is 1.62. The average Bonchev–Trinajstić information content (AvgIpc) is 2.71. The van der Waals surface area contributed by atoms with Gasteiger partial charge in [-0.1, -0.05) is 6.92 Å². The molecule has 2 aliphatic rings. The standard InChI is InChI=1S/C21H26F6N2O3/c1-12-3-2-6-29(10-12)15-4-5-17(32-11-15)19(31)28-9-13-7-14(20(22,23)24)8-16(18(13)30)21(25,26)27/h7-8,12,15,17,30H,2-6,9-11H2,1H3,(H,28,31). The summed E-state index contributed by atoms with van der Waals surface area (Å²) in [5.41, 5.74) is -4.03. The Morgan fingerprint density at radius 2 is 1.88 bits per heavy atom. The molecule has 180 valence electrons. The van der Waals surface area contributed by atoms with E-state index in [4.69, 9.17) is 4.74 Å². The molecule has 3 rings (SSSR count). The number of carbonyl (C=O) groups is 1. The summed E-state index contributed by atoms with van der Waals surface area (Å²) >= 11 is 0. The summed E-state index contributed by atoms with van der Waals surface area (Å²) < 4.78 is 83.9. The van der Waals surface area contributed by atoms with E-state index in [9.17, 15) is 36.2 Å². The predicted molar refractivity (Wildman–Crippen MR) is 103 cm³/mol. The number of aromatic hydroxyl groups is 1. The summed E-state index contributed by atoms with van der Waals surface area (Å²) in [6, 6.07) is 0.441. The van der Waals surface area contributed by atoms with Crippen molar-refractivity contribution in [3.8, 4) is 5.75 Å². The minimum Gasteiger partial charge on any atom is -0.507 e. The Morgan fingerprint density at radius 1 is 1.16 bits per heavy atom. The number of benzene rings is 1. The maximum absolute atomic E-state index is 13.1. The summed E-state index contributed by atoms with van der Waals surface area (Å²) in [4.78, 5) is 14.7. The number of halogens is 6. The summed E-state index contributed by atoms with van der Waals surface area (Å²) in [6.07, 6.45) is -7.70. The minimum absolute atomic E-state index is 0.146. The molecule has 5 nitrogen and oxygen atoms in total. The molecule has 1 amide bonds. The highest BCUT2D eigenvalue weighted by atomic mass is 19.4. The van der Waals surface area contributed by atoms with Crippen LogP contribution in [0.15, 0.2) is 12.1 Å². The number of carbonyl (C=O) groups excluding carboxylic acids is 1. The van der Waals surface area contributed by atoms with Crippen molar-refractivity contribution in [2.45, 2.75) is 63.7 Å². The van der Waals surface area contributed by atoms with Crippen molar-refractivity contribution in [3.63, 3.8) is 0 Å². The normalized spacial score (nSPS) is 25.5. The second kappa shape index (κ2) is 9.46. The summed E-state index contributed by atoms with van der Waals surface area (Å²) in [6.45, 7) is 3.74. The van der Waals surface area contributed by atoms with Crippen LogP contribution in [-0.4, -0.2) is 47.8 Å². The summed E-state index contributed by atoms with van der Waals surface area (Å²) in [5.74, 6) is -1.39. The van der Waals surface area contributed by atoms with Crippen LogP contribution in [0.2, 0.25) is 0 Å². The van der Waals surface area contributed by atoms with Crippen molar-refractivity contribution in [2.24, 2.45) is 5.92 Å². The van der Waals surface area contributed by atoms with E-state index >= 15 is 0 Å². The van der Waals surface area contributed by atoms with Crippen LogP contribution in [0, 0.1) is 5.92 Å². The molecular weight excluding hydrogens is 442 g/mol. The van der Waals surface area contributed by atoms with Gasteiger partial charge in [-0.15, -0.1) is 0 Å². The van der Waals surface area contributed by atoms with E-state index in [-0.39, 0.29) is 12.1 Å². The van der Waals surface area contributed by atoms with Gasteiger partial charge in [0.15, 0.2) is 0 Å². The van der Waals surface area contributed by atoms with Crippen LogP contribution >= 0.6 is 0 Å². The maximum Gasteiger partial charge on any atom is 0.419 e. The zero-order valence-corrected chi connectivity index (χ0v) is 17.5. The van der Waals surface area contributed by atoms with E-state index in [2.05, 4.69) is 17.1 Å². The van der Waals surface area contributed by atoms with Crippen molar-refractivity contribution in [3.05, 3.63) is 28.8 Å². The zero-order valence-electron chi connectivity index (χ0n) is 17.5. The number of hydrogen-bond donors (Lipinski definition) is 2. The monoisotopic (exact) mass is 468 g/mol. The fraction of sp³-hybridized carbons (Fsp3) is 0.667. The maximum atomic E-state index is 13.1. The zero-order chi connectivity index (χ0) is 23.7. The Morgan fingerprint density at radius 3 is 2.44 bits per heavy atom. The van der Waals surface area contributed by atoms with Crippen LogP contribution in [0.5, 0.6) is 5.75 Å². The lowest BCUT2D eigenvalue weighted by Crippen LogP contribution is -2.49. The molecule has 2 saturated heterocycles. The highest BCUT2D eigenvalue weighted by Crippen LogP contribution is 2.42. The molecule has 0 aliphatic carbocycles. The molecule has 32 heavy (non-hydrogen) atoms. The highest BCUT2D eigenvalue weighted by molar-refractivity contribution is 5.80. The fourth-order valence-corrected chi connectivity index (χ4v) is 4.30. The molecule has 11 heteroatoms. The number of hydrogen-bond acceptors (Lipinski definition) is 4. The number of likely N-dealkylation sites (tertiary alicyclic amines) is 1. The number of piperidine rings is 1. The SMILES string of the molecule is CC1CCCN(C2CCC(C(=O)NCc3cc(C(F)(F)F)cc(C(F)(F)F)c3O)OC2)C1. The molecule has 1 aromatic carbocycles. The quantitative estimate of drug-likeness (QED) is 0.646. The van der Waals surface area contributed by atoms with E-state index in [1.807, 2.05) is 0 Å². The molecule has 1 aromatic rings. The van der Waals surface area contributed by atoms with Crippen molar-refractivity contribution < 1.29 is 41.0 Å². The van der Waals surface area contributed by atoms with Gasteiger partial charge in [0, 0.05) is 24.7 Å². The number of phenolic OH excluding ortho intramolecular Hbond substituents is 1. The molecule has 2 N–H and O–H groups in total. The van der Waals surface area contributed by atoms with Gasteiger partial charge in [0.2, 0.25) is 5.91 Å². The molecule has 3 unspecified atom stereocenters. The van der Waals surface area contributed by atoms with Crippen LogP contribution < -0.4 is 5.32 Å². The van der Waals surface area contributed by atoms with Gasteiger partial charge in [0.25, 0.3) is 0 Å². The number of alkyl halides is 6. The van der Waals surface area contributed by atoms with Crippen LogP contribution in [0.3, 0.4) is 0 Å². The summed E-state index contributed by atoms with van der Waals surface area (Å²) in [7, 11) is 0. The molecular formula is C21H26F6N2O3. The first kappa shape index (κ1) is 24.6. The van der Waals surface area contributed by atoms with Gasteiger partial charge in [0.05, 0.1) is 17.7 Å². The van der Waals surface area contributed by atoms with Gasteiger partial charge in [-0.3, -0.25) is 9.69 Å². The molecule has 0 radical (unpaired) electrons. The number of amides is 1. The van der Waals surface area contributed by atoms with Crippen molar-refractivity contribution >= 4 is 5.91 Å². The van der Waals surface area contributed by atoms with Crippen molar-refractivity contribution in [1.29, 1.82) is 0 Å². The lowest BCUT2D eigenvalue weighted by Gasteiger charge is -2.40. The van der Waals surface area contributed by atoms with Gasteiger partial charge in [-0.2, -0.15) is 26.3 Å². The molecule has 2 fully saturated rings.